The molecule has 0 amide bonds. The first-order chi connectivity index (χ1) is 9.36. The molecule has 1 fully saturated rings. The lowest BCUT2D eigenvalue weighted by Gasteiger charge is -2.38. The zero-order valence-electron chi connectivity index (χ0n) is 13.2. The predicted octanol–water partition coefficient (Wildman–Crippen LogP) is 3.95. The lowest BCUT2D eigenvalue weighted by atomic mass is 9.71. The van der Waals surface area contributed by atoms with E-state index < -0.39 is 0 Å². The molecule has 1 heterocycles. The number of aryl methyl sites for hydroxylation is 2. The number of hydrogen-bond donors (Lipinski definition) is 1. The number of halogens is 1. The highest BCUT2D eigenvalue weighted by Gasteiger charge is 2.34. The summed E-state index contributed by atoms with van der Waals surface area (Å²) in [4.78, 5) is 0. The average molecular weight is 298 g/mol. The Kier molecular flexibility index (Phi) is 4.80. The minimum atomic E-state index is -0.103. The fourth-order valence-electron chi connectivity index (χ4n) is 3.43. The van der Waals surface area contributed by atoms with Gasteiger partial charge in [-0.3, -0.25) is 4.68 Å². The second-order valence-corrected chi connectivity index (χ2v) is 7.16. The fraction of sp³-hybridized carbons (Fsp3) is 0.812. The number of nitrogens with zero attached hydrogens (tertiary/aromatic N) is 2. The summed E-state index contributed by atoms with van der Waals surface area (Å²) < 4.78 is 2.01. The first kappa shape index (κ1) is 15.8. The molecule has 0 aliphatic heterocycles. The van der Waals surface area contributed by atoms with E-state index in [9.17, 15) is 0 Å². The molecule has 2 N–H and O–H groups in total. The van der Waals surface area contributed by atoms with Crippen LogP contribution in [0.5, 0.6) is 0 Å². The first-order valence-corrected chi connectivity index (χ1v) is 8.24. The molecule has 0 atom stereocenters. The third kappa shape index (κ3) is 3.20. The minimum Gasteiger partial charge on any atom is -0.325 e. The Bertz CT molecular complexity index is 457. The van der Waals surface area contributed by atoms with Crippen LogP contribution in [0.15, 0.2) is 0 Å². The molecule has 0 saturated heterocycles. The molecule has 0 radical (unpaired) electrons. The van der Waals surface area contributed by atoms with E-state index in [1.54, 1.807) is 0 Å². The van der Waals surface area contributed by atoms with Crippen molar-refractivity contribution in [3.8, 4) is 0 Å². The van der Waals surface area contributed by atoms with Crippen molar-refractivity contribution >= 4 is 11.6 Å². The van der Waals surface area contributed by atoms with Gasteiger partial charge in [-0.2, -0.15) is 5.10 Å². The number of rotatable bonds is 4. The zero-order chi connectivity index (χ0) is 14.9. The molecule has 1 aliphatic carbocycles. The van der Waals surface area contributed by atoms with Gasteiger partial charge in [0.05, 0.1) is 16.4 Å². The Morgan fingerprint density at radius 1 is 1.40 bits per heavy atom. The van der Waals surface area contributed by atoms with Gasteiger partial charge < -0.3 is 5.73 Å². The van der Waals surface area contributed by atoms with Crippen LogP contribution in [0.25, 0.3) is 0 Å². The molecule has 0 unspecified atom stereocenters. The van der Waals surface area contributed by atoms with Gasteiger partial charge in [0.15, 0.2) is 0 Å². The van der Waals surface area contributed by atoms with Gasteiger partial charge >= 0.3 is 0 Å². The Balaban J connectivity index is 2.10. The van der Waals surface area contributed by atoms with Gasteiger partial charge in [0.2, 0.25) is 0 Å². The summed E-state index contributed by atoms with van der Waals surface area (Å²) in [6.07, 6.45) is 5.53. The van der Waals surface area contributed by atoms with Crippen molar-refractivity contribution in [3.63, 3.8) is 0 Å². The summed E-state index contributed by atoms with van der Waals surface area (Å²) in [7, 11) is 0. The Morgan fingerprint density at radius 2 is 2.00 bits per heavy atom. The molecule has 0 aromatic carbocycles. The molecular formula is C16H28ClN3. The van der Waals surface area contributed by atoms with Gasteiger partial charge in [-0.05, 0) is 51.4 Å². The predicted molar refractivity (Wildman–Crippen MR) is 85.1 cm³/mol. The number of nitrogens with two attached hydrogens (primary N) is 1. The highest BCUT2D eigenvalue weighted by atomic mass is 35.5. The van der Waals surface area contributed by atoms with Crippen LogP contribution in [-0.4, -0.2) is 15.3 Å². The molecule has 3 nitrogen and oxygen atoms in total. The van der Waals surface area contributed by atoms with Crippen molar-refractivity contribution in [2.45, 2.75) is 71.9 Å². The van der Waals surface area contributed by atoms with E-state index >= 15 is 0 Å². The molecule has 2 rings (SSSR count). The van der Waals surface area contributed by atoms with Gasteiger partial charge in [0.1, 0.15) is 0 Å². The van der Waals surface area contributed by atoms with Crippen LogP contribution in [0.1, 0.15) is 57.8 Å². The van der Waals surface area contributed by atoms with Crippen LogP contribution in [0.3, 0.4) is 0 Å². The summed E-state index contributed by atoms with van der Waals surface area (Å²) >= 11 is 6.41. The van der Waals surface area contributed by atoms with E-state index in [4.69, 9.17) is 17.3 Å². The van der Waals surface area contributed by atoms with Crippen molar-refractivity contribution in [2.75, 3.05) is 0 Å². The summed E-state index contributed by atoms with van der Waals surface area (Å²) in [5.74, 6) is 1.60. The maximum absolute atomic E-state index is 6.66. The maximum atomic E-state index is 6.66. The van der Waals surface area contributed by atoms with E-state index in [1.807, 2.05) is 11.6 Å². The largest absolute Gasteiger partial charge is 0.325 e. The quantitative estimate of drug-likeness (QED) is 0.914. The molecule has 1 saturated carbocycles. The number of hydrogen-bond acceptors (Lipinski definition) is 2. The second-order valence-electron chi connectivity index (χ2n) is 6.78. The van der Waals surface area contributed by atoms with Crippen LogP contribution >= 0.6 is 11.6 Å². The Morgan fingerprint density at radius 3 is 2.50 bits per heavy atom. The fourth-order valence-corrected chi connectivity index (χ4v) is 3.63. The zero-order valence-corrected chi connectivity index (χ0v) is 14.0. The van der Waals surface area contributed by atoms with Crippen molar-refractivity contribution in [3.05, 3.63) is 16.4 Å². The molecule has 1 aliphatic rings. The molecule has 1 aromatic rings. The first-order valence-electron chi connectivity index (χ1n) is 7.87. The monoisotopic (exact) mass is 297 g/mol. The van der Waals surface area contributed by atoms with Crippen molar-refractivity contribution < 1.29 is 0 Å². The highest BCUT2D eigenvalue weighted by molar-refractivity contribution is 6.31. The van der Waals surface area contributed by atoms with Gasteiger partial charge in [0.25, 0.3) is 0 Å². The number of aromatic nitrogens is 2. The standard InChI is InChI=1S/C16H28ClN3/c1-5-20-14(15(17)12(4)19-20)10-16(18)8-6-13(7-9-16)11(2)3/h11,13H,5-10,18H2,1-4H3. The average Bonchev–Trinajstić information content (AvgIpc) is 2.66. The van der Waals surface area contributed by atoms with Gasteiger partial charge in [-0.25, -0.2) is 0 Å². The maximum Gasteiger partial charge on any atom is 0.0847 e. The molecule has 114 valence electrons. The highest BCUT2D eigenvalue weighted by Crippen LogP contribution is 2.37. The van der Waals surface area contributed by atoms with Crippen LogP contribution in [0, 0.1) is 18.8 Å². The SMILES string of the molecule is CCn1nc(C)c(Cl)c1CC1(N)CCC(C(C)C)CC1. The molecule has 0 bridgehead atoms. The molecule has 4 heteroatoms. The van der Waals surface area contributed by atoms with Gasteiger partial charge in [0, 0.05) is 18.5 Å². The lowest BCUT2D eigenvalue weighted by molar-refractivity contribution is 0.192. The molecule has 0 spiro atoms. The van der Waals surface area contributed by atoms with E-state index in [2.05, 4.69) is 25.9 Å². The summed E-state index contributed by atoms with van der Waals surface area (Å²) in [6.45, 7) is 9.57. The third-order valence-corrected chi connectivity index (χ3v) is 5.43. The van der Waals surface area contributed by atoms with Crippen LogP contribution in [-0.2, 0) is 13.0 Å². The van der Waals surface area contributed by atoms with E-state index in [0.29, 0.717) is 0 Å². The Labute approximate surface area is 127 Å². The van der Waals surface area contributed by atoms with Gasteiger partial charge in [-0.1, -0.05) is 25.4 Å². The van der Waals surface area contributed by atoms with Crippen LogP contribution in [0.4, 0.5) is 0 Å². The van der Waals surface area contributed by atoms with Crippen LogP contribution < -0.4 is 5.73 Å². The minimum absolute atomic E-state index is 0.103. The summed E-state index contributed by atoms with van der Waals surface area (Å²) in [6, 6.07) is 0. The normalized spacial score (nSPS) is 27.2. The molecule has 20 heavy (non-hydrogen) atoms. The topological polar surface area (TPSA) is 43.8 Å². The Hall–Kier alpha value is -0.540. The van der Waals surface area contributed by atoms with E-state index in [-0.39, 0.29) is 5.54 Å². The third-order valence-electron chi connectivity index (χ3n) is 4.94. The molecular weight excluding hydrogens is 270 g/mol. The van der Waals surface area contributed by atoms with Crippen molar-refractivity contribution in [2.24, 2.45) is 17.6 Å². The van der Waals surface area contributed by atoms with Crippen LogP contribution in [0.2, 0.25) is 5.02 Å². The summed E-state index contributed by atoms with van der Waals surface area (Å²) in [5.41, 5.74) is 8.59. The summed E-state index contributed by atoms with van der Waals surface area (Å²) in [5, 5.41) is 5.31. The van der Waals surface area contributed by atoms with Gasteiger partial charge in [-0.15, -0.1) is 0 Å². The second kappa shape index (κ2) is 6.07. The van der Waals surface area contributed by atoms with Crippen molar-refractivity contribution in [1.82, 2.24) is 9.78 Å². The smallest absolute Gasteiger partial charge is 0.0847 e. The molecule has 1 aromatic heterocycles. The van der Waals surface area contributed by atoms with E-state index in [0.717, 1.165) is 54.1 Å². The van der Waals surface area contributed by atoms with E-state index in [1.165, 1.54) is 12.8 Å². The van der Waals surface area contributed by atoms with Crippen molar-refractivity contribution in [1.29, 1.82) is 0 Å². The lowest BCUT2D eigenvalue weighted by Crippen LogP contribution is -2.46.